The molecule has 1 unspecified atom stereocenters. The summed E-state index contributed by atoms with van der Waals surface area (Å²) in [6.45, 7) is 3.40. The van der Waals surface area contributed by atoms with Crippen LogP contribution in [-0.2, 0) is 13.3 Å². The van der Waals surface area contributed by atoms with E-state index >= 15 is 0 Å². The summed E-state index contributed by atoms with van der Waals surface area (Å²) in [5, 5.41) is 3.10. The molecule has 0 radical (unpaired) electrons. The van der Waals surface area contributed by atoms with Crippen LogP contribution in [0.25, 0.3) is 0 Å². The van der Waals surface area contributed by atoms with Gasteiger partial charge in [-0.15, -0.1) is 0 Å². The highest BCUT2D eigenvalue weighted by atomic mass is 28.3. The number of rotatable bonds is 3. The quantitative estimate of drug-likeness (QED) is 0.474. The van der Waals surface area contributed by atoms with E-state index in [0.29, 0.717) is 0 Å². The molecule has 1 rings (SSSR count). The fraction of sp³-hybridized carbons (Fsp3) is 1.00. The molecule has 0 saturated carbocycles. The number of hydrogen-bond donors (Lipinski definition) is 1. The maximum Gasteiger partial charge on any atom is 0.483 e. The molecule has 4 nitrogen and oxygen atoms in total. The first-order valence-electron chi connectivity index (χ1n) is 3.56. The third-order valence-electron chi connectivity index (χ3n) is 1.19. The minimum Gasteiger partial charge on any atom is -0.379 e. The minimum atomic E-state index is -1.67. The number of nitrogens with one attached hydrogen (secondary N) is 1. The van der Waals surface area contributed by atoms with Gasteiger partial charge in [0.1, 0.15) is 0 Å². The Hall–Kier alpha value is 0.0569. The van der Waals surface area contributed by atoms with Crippen LogP contribution in [0.15, 0.2) is 0 Å². The summed E-state index contributed by atoms with van der Waals surface area (Å²) >= 11 is 0. The molecule has 0 aliphatic carbocycles. The van der Waals surface area contributed by atoms with Crippen molar-refractivity contribution in [2.45, 2.75) is 13.0 Å². The van der Waals surface area contributed by atoms with Crippen molar-refractivity contribution in [3.05, 3.63) is 0 Å². The second-order valence-electron chi connectivity index (χ2n) is 2.31. The molecule has 5 heteroatoms. The molecule has 1 heterocycles. The molecule has 1 aliphatic rings. The van der Waals surface area contributed by atoms with Gasteiger partial charge in [0.25, 0.3) is 0 Å². The summed E-state index contributed by atoms with van der Waals surface area (Å²) in [6.07, 6.45) is 0. The van der Waals surface area contributed by atoms with Gasteiger partial charge in [-0.3, -0.25) is 0 Å². The first kappa shape index (κ1) is 11.1. The van der Waals surface area contributed by atoms with Crippen molar-refractivity contribution in [3.8, 4) is 0 Å². The lowest BCUT2D eigenvalue weighted by molar-refractivity contribution is 0.163. The molecule has 1 saturated heterocycles. The van der Waals surface area contributed by atoms with Crippen molar-refractivity contribution in [2.24, 2.45) is 0 Å². The van der Waals surface area contributed by atoms with Gasteiger partial charge < -0.3 is 18.6 Å². The lowest BCUT2D eigenvalue weighted by Crippen LogP contribution is -2.21. The Balaban J connectivity index is 0.000000207. The third-order valence-corrected chi connectivity index (χ3v) is 2.34. The summed E-state index contributed by atoms with van der Waals surface area (Å²) in [4.78, 5) is 0. The molecule has 0 amide bonds. The van der Waals surface area contributed by atoms with E-state index in [1.165, 1.54) is 6.54 Å². The first-order chi connectivity index (χ1) is 5.24. The highest BCUT2D eigenvalue weighted by molar-refractivity contribution is 6.36. The average molecular weight is 179 g/mol. The van der Waals surface area contributed by atoms with Gasteiger partial charge in [0.05, 0.1) is 0 Å². The van der Waals surface area contributed by atoms with Crippen LogP contribution >= 0.6 is 0 Å². The van der Waals surface area contributed by atoms with Crippen LogP contribution in [-0.4, -0.2) is 43.4 Å². The molecule has 0 aromatic carbocycles. The first-order valence-corrected chi connectivity index (χ1v) is 4.97. The normalized spacial score (nSPS) is 21.0. The minimum absolute atomic E-state index is 0.833. The van der Waals surface area contributed by atoms with Gasteiger partial charge in [0.15, 0.2) is 0 Å². The van der Waals surface area contributed by atoms with Gasteiger partial charge >= 0.3 is 9.53 Å². The highest BCUT2D eigenvalue weighted by Gasteiger charge is 2.10. The molecule has 1 fully saturated rings. The van der Waals surface area contributed by atoms with Crippen LogP contribution in [0, 0.1) is 0 Å². The Morgan fingerprint density at radius 1 is 1.18 bits per heavy atom. The van der Waals surface area contributed by atoms with Crippen molar-refractivity contribution >= 4 is 9.53 Å². The lowest BCUT2D eigenvalue weighted by Gasteiger charge is -2.05. The lowest BCUT2D eigenvalue weighted by atomic mass is 10.6. The molecule has 0 aromatic heterocycles. The highest BCUT2D eigenvalue weighted by Crippen LogP contribution is 1.88. The zero-order valence-corrected chi connectivity index (χ0v) is 8.74. The summed E-state index contributed by atoms with van der Waals surface area (Å²) in [5.41, 5.74) is 0. The third kappa shape index (κ3) is 7.96. The maximum absolute atomic E-state index is 4.74. The largest absolute Gasteiger partial charge is 0.483 e. The van der Waals surface area contributed by atoms with Crippen molar-refractivity contribution in [3.63, 3.8) is 0 Å². The van der Waals surface area contributed by atoms with E-state index in [4.69, 9.17) is 13.3 Å². The van der Waals surface area contributed by atoms with Gasteiger partial charge in [-0.2, -0.15) is 0 Å². The second-order valence-corrected chi connectivity index (χ2v) is 4.30. The molecular formula is C6H17NO3Si. The maximum atomic E-state index is 4.74. The van der Waals surface area contributed by atoms with Crippen molar-refractivity contribution in [1.82, 2.24) is 5.32 Å². The summed E-state index contributed by atoms with van der Waals surface area (Å²) in [5.74, 6) is 0. The molecule has 0 bridgehead atoms. The predicted octanol–water partition coefficient (Wildman–Crippen LogP) is -0.379. The molecule has 0 spiro atoms. The fourth-order valence-electron chi connectivity index (χ4n) is 0.407. The Labute approximate surface area is 69.8 Å². The smallest absolute Gasteiger partial charge is 0.379 e. The van der Waals surface area contributed by atoms with E-state index in [1.807, 2.05) is 0 Å². The molecule has 1 N–H and O–H groups in total. The van der Waals surface area contributed by atoms with Gasteiger partial charge in [-0.1, -0.05) is 0 Å². The van der Waals surface area contributed by atoms with E-state index in [9.17, 15) is 0 Å². The fourth-order valence-corrected chi connectivity index (χ4v) is 0.984. The van der Waals surface area contributed by atoms with E-state index in [0.717, 1.165) is 6.04 Å². The van der Waals surface area contributed by atoms with E-state index < -0.39 is 9.53 Å². The predicted molar refractivity (Wildman–Crippen MR) is 45.6 cm³/mol. The van der Waals surface area contributed by atoms with E-state index in [2.05, 4.69) is 12.2 Å². The van der Waals surface area contributed by atoms with Crippen LogP contribution in [0.5, 0.6) is 0 Å². The molecule has 1 atom stereocenters. The molecular weight excluding hydrogens is 162 g/mol. The average Bonchev–Trinajstić information content (AvgIpc) is 2.77. The van der Waals surface area contributed by atoms with Gasteiger partial charge in [-0.05, 0) is 6.92 Å². The molecule has 0 aromatic rings. The standard InChI is InChI=1S/C3H7N.C3H10O3Si/c1-3-2-4-3;1-4-7(5-2)6-3/h3-4H,2H2,1H3;7H,1-3H3. The summed E-state index contributed by atoms with van der Waals surface area (Å²) in [7, 11) is 3.05. The number of hydrogen-bond acceptors (Lipinski definition) is 4. The molecule has 1 aliphatic heterocycles. The van der Waals surface area contributed by atoms with Gasteiger partial charge in [-0.25, -0.2) is 0 Å². The second kappa shape index (κ2) is 6.75. The van der Waals surface area contributed by atoms with Crippen LogP contribution in [0.1, 0.15) is 6.92 Å². The van der Waals surface area contributed by atoms with Crippen molar-refractivity contribution in [2.75, 3.05) is 27.9 Å². The Morgan fingerprint density at radius 2 is 1.45 bits per heavy atom. The van der Waals surface area contributed by atoms with Crippen LogP contribution in [0.4, 0.5) is 0 Å². The van der Waals surface area contributed by atoms with Gasteiger partial charge in [0.2, 0.25) is 0 Å². The molecule has 68 valence electrons. The van der Waals surface area contributed by atoms with Gasteiger partial charge in [0, 0.05) is 33.9 Å². The monoisotopic (exact) mass is 179 g/mol. The van der Waals surface area contributed by atoms with Crippen LogP contribution in [0.3, 0.4) is 0 Å². The SMILES string of the molecule is CC1CN1.CO[SiH](OC)OC. The van der Waals surface area contributed by atoms with Crippen LogP contribution in [0.2, 0.25) is 0 Å². The summed E-state index contributed by atoms with van der Waals surface area (Å²) < 4.78 is 14.2. The Bertz CT molecular complexity index is 80.4. The van der Waals surface area contributed by atoms with E-state index in [-0.39, 0.29) is 0 Å². The van der Waals surface area contributed by atoms with E-state index in [1.54, 1.807) is 21.3 Å². The van der Waals surface area contributed by atoms with Crippen molar-refractivity contribution in [1.29, 1.82) is 0 Å². The summed E-state index contributed by atoms with van der Waals surface area (Å²) in [6, 6.07) is 0.833. The Morgan fingerprint density at radius 3 is 1.45 bits per heavy atom. The van der Waals surface area contributed by atoms with Crippen LogP contribution < -0.4 is 5.32 Å². The topological polar surface area (TPSA) is 49.6 Å². The van der Waals surface area contributed by atoms with Crippen molar-refractivity contribution < 1.29 is 13.3 Å². The zero-order chi connectivity index (χ0) is 8.69. The molecule has 11 heavy (non-hydrogen) atoms. The zero-order valence-electron chi connectivity index (χ0n) is 7.59. The Kier molecular flexibility index (Phi) is 6.78.